The van der Waals surface area contributed by atoms with Crippen LogP contribution in [0.15, 0.2) is 30.3 Å². The normalized spacial score (nSPS) is 32.1. The van der Waals surface area contributed by atoms with Gasteiger partial charge in [-0.05, 0) is 43.1 Å². The summed E-state index contributed by atoms with van der Waals surface area (Å²) in [5, 5.41) is 3.32. The summed E-state index contributed by atoms with van der Waals surface area (Å²) in [6, 6.07) is 11.2. The molecule has 4 aliphatic rings. The average Bonchev–Trinajstić information content (AvgIpc) is 2.78. The number of fused-ring (bicyclic) bond motifs is 4. The van der Waals surface area contributed by atoms with Gasteiger partial charge < -0.3 is 15.1 Å². The van der Waals surface area contributed by atoms with Crippen molar-refractivity contribution in [2.45, 2.75) is 44.2 Å². The molecule has 0 saturated carbocycles. The Bertz CT molecular complexity index is 764. The Morgan fingerprint density at radius 1 is 1.07 bits per heavy atom. The number of rotatable bonds is 4. The van der Waals surface area contributed by atoms with Crippen LogP contribution in [-0.2, 0) is 16.0 Å². The van der Waals surface area contributed by atoms with Gasteiger partial charge in [-0.15, -0.1) is 0 Å². The summed E-state index contributed by atoms with van der Waals surface area (Å²) >= 11 is 0. The lowest BCUT2D eigenvalue weighted by atomic mass is 9.71. The fourth-order valence-corrected chi connectivity index (χ4v) is 6.32. The Hall–Kier alpha value is -1.92. The van der Waals surface area contributed by atoms with Gasteiger partial charge in [0.25, 0.3) is 0 Å². The van der Waals surface area contributed by atoms with E-state index in [-0.39, 0.29) is 11.9 Å². The zero-order valence-electron chi connectivity index (χ0n) is 17.8. The van der Waals surface area contributed by atoms with Crippen LogP contribution in [0.4, 0.5) is 0 Å². The molecule has 4 atom stereocenters. The maximum Gasteiger partial charge on any atom is 0.236 e. The molecule has 0 spiro atoms. The maximum atomic E-state index is 13.0. The maximum absolute atomic E-state index is 13.0. The van der Waals surface area contributed by atoms with Gasteiger partial charge in [0.05, 0.1) is 6.54 Å². The van der Waals surface area contributed by atoms with Crippen molar-refractivity contribution >= 4 is 11.8 Å². The second kappa shape index (κ2) is 8.67. The predicted octanol–water partition coefficient (Wildman–Crippen LogP) is 1.36. The Morgan fingerprint density at radius 3 is 2.63 bits per heavy atom. The first-order valence-corrected chi connectivity index (χ1v) is 11.7. The highest BCUT2D eigenvalue weighted by Gasteiger charge is 2.49. The third-order valence-corrected chi connectivity index (χ3v) is 7.69. The molecule has 30 heavy (non-hydrogen) atoms. The van der Waals surface area contributed by atoms with Gasteiger partial charge in [-0.3, -0.25) is 14.5 Å². The first-order valence-electron chi connectivity index (χ1n) is 11.7. The van der Waals surface area contributed by atoms with Crippen molar-refractivity contribution in [1.82, 2.24) is 20.0 Å². The fraction of sp³-hybridized carbons (Fsp3) is 0.667. The van der Waals surface area contributed by atoms with Gasteiger partial charge in [-0.1, -0.05) is 30.3 Å². The quantitative estimate of drug-likeness (QED) is 0.815. The number of nitrogens with zero attached hydrogens (tertiary/aromatic N) is 3. The van der Waals surface area contributed by atoms with Crippen LogP contribution in [0.5, 0.6) is 0 Å². The van der Waals surface area contributed by atoms with Crippen LogP contribution in [0, 0.1) is 11.8 Å². The number of hydrogen-bond acceptors (Lipinski definition) is 4. The number of benzene rings is 1. The minimum absolute atomic E-state index is 0.263. The topological polar surface area (TPSA) is 55.9 Å². The molecule has 1 N–H and O–H groups in total. The average molecular weight is 411 g/mol. The van der Waals surface area contributed by atoms with Crippen molar-refractivity contribution in [3.63, 3.8) is 0 Å². The smallest absolute Gasteiger partial charge is 0.236 e. The van der Waals surface area contributed by atoms with E-state index in [4.69, 9.17) is 0 Å². The summed E-state index contributed by atoms with van der Waals surface area (Å²) in [6.45, 7) is 5.86. The van der Waals surface area contributed by atoms with Gasteiger partial charge in [0.2, 0.25) is 11.8 Å². The summed E-state index contributed by atoms with van der Waals surface area (Å²) in [4.78, 5) is 32.6. The largest absolute Gasteiger partial charge is 0.339 e. The van der Waals surface area contributed by atoms with Gasteiger partial charge in [0, 0.05) is 57.8 Å². The van der Waals surface area contributed by atoms with Gasteiger partial charge in [0.15, 0.2) is 0 Å². The predicted molar refractivity (Wildman–Crippen MR) is 116 cm³/mol. The van der Waals surface area contributed by atoms with Crippen molar-refractivity contribution in [2.75, 3.05) is 45.8 Å². The third kappa shape index (κ3) is 4.00. The van der Waals surface area contributed by atoms with Gasteiger partial charge >= 0.3 is 0 Å². The monoisotopic (exact) mass is 410 g/mol. The number of nitrogens with one attached hydrogen (secondary N) is 1. The van der Waals surface area contributed by atoms with Crippen LogP contribution < -0.4 is 5.32 Å². The van der Waals surface area contributed by atoms with E-state index in [1.165, 1.54) is 12.0 Å². The van der Waals surface area contributed by atoms with E-state index in [2.05, 4.69) is 45.4 Å². The molecule has 4 heterocycles. The van der Waals surface area contributed by atoms with E-state index < -0.39 is 0 Å². The molecular formula is C24H34N4O2. The lowest BCUT2D eigenvalue weighted by Crippen LogP contribution is -2.66. The van der Waals surface area contributed by atoms with Crippen molar-refractivity contribution in [1.29, 1.82) is 0 Å². The molecular weight excluding hydrogens is 376 g/mol. The van der Waals surface area contributed by atoms with Crippen LogP contribution in [0.3, 0.4) is 0 Å². The summed E-state index contributed by atoms with van der Waals surface area (Å²) in [5.41, 5.74) is 1.31. The van der Waals surface area contributed by atoms with E-state index in [0.29, 0.717) is 36.8 Å². The minimum atomic E-state index is 0.263. The summed E-state index contributed by atoms with van der Waals surface area (Å²) in [6.07, 6.45) is 4.96. The highest BCUT2D eigenvalue weighted by atomic mass is 16.2. The number of amides is 2. The molecule has 2 amide bonds. The van der Waals surface area contributed by atoms with E-state index >= 15 is 0 Å². The molecule has 0 aliphatic carbocycles. The van der Waals surface area contributed by atoms with Crippen LogP contribution >= 0.6 is 0 Å². The molecule has 4 fully saturated rings. The van der Waals surface area contributed by atoms with E-state index in [1.807, 2.05) is 4.90 Å². The summed E-state index contributed by atoms with van der Waals surface area (Å²) in [7, 11) is 0. The first-order chi connectivity index (χ1) is 14.7. The second-order valence-corrected chi connectivity index (χ2v) is 9.60. The Labute approximate surface area is 179 Å². The van der Waals surface area contributed by atoms with Crippen molar-refractivity contribution < 1.29 is 9.59 Å². The van der Waals surface area contributed by atoms with Crippen LogP contribution in [0.25, 0.3) is 0 Å². The SMILES string of the molecule is O=C(CN1C[C@H]2C[C@@H](C1)[C@H](Cc1ccccc1)N1C(=O)CCC[C@@H]21)N1CCNCC1. The van der Waals surface area contributed by atoms with E-state index in [9.17, 15) is 9.59 Å². The summed E-state index contributed by atoms with van der Waals surface area (Å²) in [5.74, 6) is 1.59. The standard InChI is InChI=1S/C24H34N4O2/c29-23-8-4-7-21-19-14-20(22(28(21)23)13-18-5-2-1-3-6-18)16-26(15-19)17-24(30)27-11-9-25-10-12-27/h1-3,5-6,19-22,25H,4,7-17H2/t19-,20+,21+,22+/m1/s1. The minimum Gasteiger partial charge on any atom is -0.339 e. The number of carbonyl (C=O) groups excluding carboxylic acids is 2. The highest BCUT2D eigenvalue weighted by Crippen LogP contribution is 2.42. The van der Waals surface area contributed by atoms with Gasteiger partial charge in [-0.2, -0.15) is 0 Å². The van der Waals surface area contributed by atoms with Crippen LogP contribution in [-0.4, -0.2) is 84.4 Å². The van der Waals surface area contributed by atoms with Gasteiger partial charge in [-0.25, -0.2) is 0 Å². The zero-order chi connectivity index (χ0) is 20.5. The fourth-order valence-electron chi connectivity index (χ4n) is 6.32. The lowest BCUT2D eigenvalue weighted by molar-refractivity contribution is -0.154. The lowest BCUT2D eigenvalue weighted by Gasteiger charge is -2.56. The Balaban J connectivity index is 1.33. The van der Waals surface area contributed by atoms with Crippen LogP contribution in [0.1, 0.15) is 31.2 Å². The molecule has 1 aromatic rings. The van der Waals surface area contributed by atoms with Crippen molar-refractivity contribution in [2.24, 2.45) is 11.8 Å². The molecule has 6 heteroatoms. The molecule has 0 radical (unpaired) electrons. The number of hydrogen-bond donors (Lipinski definition) is 1. The van der Waals surface area contributed by atoms with E-state index in [0.717, 1.165) is 58.5 Å². The zero-order valence-corrected chi connectivity index (χ0v) is 17.8. The summed E-state index contributed by atoms with van der Waals surface area (Å²) < 4.78 is 0. The number of piperidine rings is 3. The molecule has 0 unspecified atom stereocenters. The third-order valence-electron chi connectivity index (χ3n) is 7.69. The second-order valence-electron chi connectivity index (χ2n) is 9.60. The molecule has 4 saturated heterocycles. The van der Waals surface area contributed by atoms with Crippen molar-refractivity contribution in [3.8, 4) is 0 Å². The highest BCUT2D eigenvalue weighted by molar-refractivity contribution is 5.79. The molecule has 5 rings (SSSR count). The number of likely N-dealkylation sites (tertiary alicyclic amines) is 1. The number of carbonyl (C=O) groups is 2. The molecule has 162 valence electrons. The molecule has 4 aliphatic heterocycles. The first kappa shape index (κ1) is 20.0. The molecule has 1 aromatic carbocycles. The van der Waals surface area contributed by atoms with Crippen LogP contribution in [0.2, 0.25) is 0 Å². The molecule has 2 bridgehead atoms. The Morgan fingerprint density at radius 2 is 1.83 bits per heavy atom. The number of piperazine rings is 1. The van der Waals surface area contributed by atoms with Gasteiger partial charge in [0.1, 0.15) is 0 Å². The molecule has 0 aromatic heterocycles. The van der Waals surface area contributed by atoms with Crippen molar-refractivity contribution in [3.05, 3.63) is 35.9 Å². The Kier molecular flexibility index (Phi) is 5.79. The molecule has 6 nitrogen and oxygen atoms in total. The van der Waals surface area contributed by atoms with E-state index in [1.54, 1.807) is 0 Å².